The minimum Gasteiger partial charge on any atom is -0.475 e. The molecule has 0 radical (unpaired) electrons. The van der Waals surface area contributed by atoms with Crippen molar-refractivity contribution in [2.75, 3.05) is 20.3 Å². The van der Waals surface area contributed by atoms with E-state index in [0.717, 1.165) is 35.5 Å². The van der Waals surface area contributed by atoms with Crippen molar-refractivity contribution in [2.24, 2.45) is 7.05 Å². The highest BCUT2D eigenvalue weighted by molar-refractivity contribution is 5.61. The predicted molar refractivity (Wildman–Crippen MR) is 98.6 cm³/mol. The first-order valence-electron chi connectivity index (χ1n) is 8.46. The average Bonchev–Trinajstić information content (AvgIpc) is 3.04. The molecule has 7 heteroatoms. The molecule has 3 aromatic rings. The van der Waals surface area contributed by atoms with Gasteiger partial charge in [-0.25, -0.2) is 4.98 Å². The fraction of sp³-hybridized carbons (Fsp3) is 0.316. The van der Waals surface area contributed by atoms with Gasteiger partial charge in [0.15, 0.2) is 0 Å². The van der Waals surface area contributed by atoms with Gasteiger partial charge < -0.3 is 14.8 Å². The van der Waals surface area contributed by atoms with E-state index in [1.807, 2.05) is 48.4 Å². The Morgan fingerprint density at radius 1 is 1.08 bits per heavy atom. The SMILES string of the molecule is COCCOc1ccc(CNCc2cn(C)nc2-c2ccncc2)cn1. The Bertz CT molecular complexity index is 803. The topological polar surface area (TPSA) is 74.1 Å². The molecule has 0 fully saturated rings. The van der Waals surface area contributed by atoms with Crippen molar-refractivity contribution in [3.05, 3.63) is 60.2 Å². The highest BCUT2D eigenvalue weighted by atomic mass is 16.5. The van der Waals surface area contributed by atoms with E-state index in [1.165, 1.54) is 0 Å². The van der Waals surface area contributed by atoms with Gasteiger partial charge in [0.05, 0.1) is 12.3 Å². The normalized spacial score (nSPS) is 10.8. The summed E-state index contributed by atoms with van der Waals surface area (Å²) >= 11 is 0. The summed E-state index contributed by atoms with van der Waals surface area (Å²) in [6.45, 7) is 2.49. The average molecular weight is 353 g/mol. The molecular weight excluding hydrogens is 330 g/mol. The molecule has 136 valence electrons. The van der Waals surface area contributed by atoms with Gasteiger partial charge in [-0.3, -0.25) is 9.67 Å². The summed E-state index contributed by atoms with van der Waals surface area (Å²) < 4.78 is 12.3. The van der Waals surface area contributed by atoms with Gasteiger partial charge in [-0.15, -0.1) is 0 Å². The highest BCUT2D eigenvalue weighted by Gasteiger charge is 2.09. The number of aryl methyl sites for hydroxylation is 1. The Kier molecular flexibility index (Phi) is 6.29. The van der Waals surface area contributed by atoms with Crippen LogP contribution in [0, 0.1) is 0 Å². The van der Waals surface area contributed by atoms with Crippen LogP contribution in [0.3, 0.4) is 0 Å². The molecule has 0 amide bonds. The largest absolute Gasteiger partial charge is 0.475 e. The van der Waals surface area contributed by atoms with Crippen LogP contribution < -0.4 is 10.1 Å². The smallest absolute Gasteiger partial charge is 0.213 e. The van der Waals surface area contributed by atoms with E-state index in [9.17, 15) is 0 Å². The maximum atomic E-state index is 5.47. The quantitative estimate of drug-likeness (QED) is 0.595. The number of aromatic nitrogens is 4. The third-order valence-electron chi connectivity index (χ3n) is 3.84. The van der Waals surface area contributed by atoms with Crippen LogP contribution in [0.2, 0.25) is 0 Å². The standard InChI is InChI=1S/C19H23N5O2/c1-24-14-17(19(23-24)16-5-7-20-8-6-16)13-21-11-15-3-4-18(22-12-15)26-10-9-25-2/h3-8,12,14,21H,9-11,13H2,1-2H3. The molecule has 7 nitrogen and oxygen atoms in total. The Labute approximate surface area is 153 Å². The molecule has 0 aromatic carbocycles. The Morgan fingerprint density at radius 3 is 2.65 bits per heavy atom. The van der Waals surface area contributed by atoms with Gasteiger partial charge >= 0.3 is 0 Å². The molecule has 0 saturated carbocycles. The number of rotatable bonds is 9. The summed E-state index contributed by atoms with van der Waals surface area (Å²) in [4.78, 5) is 8.37. The highest BCUT2D eigenvalue weighted by Crippen LogP contribution is 2.21. The number of pyridine rings is 2. The number of nitrogens with one attached hydrogen (secondary N) is 1. The van der Waals surface area contributed by atoms with Crippen LogP contribution in [0.25, 0.3) is 11.3 Å². The molecule has 0 aliphatic heterocycles. The third-order valence-corrected chi connectivity index (χ3v) is 3.84. The first kappa shape index (κ1) is 18.0. The van der Waals surface area contributed by atoms with Gasteiger partial charge in [0.1, 0.15) is 6.61 Å². The second-order valence-electron chi connectivity index (χ2n) is 5.86. The summed E-state index contributed by atoms with van der Waals surface area (Å²) in [6, 6.07) is 7.82. The first-order chi connectivity index (χ1) is 12.8. The van der Waals surface area contributed by atoms with E-state index in [0.29, 0.717) is 19.1 Å². The molecule has 0 aliphatic carbocycles. The zero-order valence-corrected chi connectivity index (χ0v) is 15.1. The van der Waals surface area contributed by atoms with Crippen LogP contribution in [0.5, 0.6) is 5.88 Å². The van der Waals surface area contributed by atoms with Gasteiger partial charge in [0.25, 0.3) is 0 Å². The van der Waals surface area contributed by atoms with Crippen molar-refractivity contribution in [1.82, 2.24) is 25.1 Å². The Hall–Kier alpha value is -2.77. The number of methoxy groups -OCH3 is 1. The van der Waals surface area contributed by atoms with E-state index in [1.54, 1.807) is 19.5 Å². The lowest BCUT2D eigenvalue weighted by Crippen LogP contribution is -2.13. The van der Waals surface area contributed by atoms with Gasteiger partial charge in [-0.2, -0.15) is 5.10 Å². The van der Waals surface area contributed by atoms with Crippen molar-refractivity contribution < 1.29 is 9.47 Å². The molecule has 3 rings (SSSR count). The van der Waals surface area contributed by atoms with Crippen molar-refractivity contribution in [3.8, 4) is 17.1 Å². The third kappa shape index (κ3) is 4.87. The number of hydrogen-bond acceptors (Lipinski definition) is 6. The molecule has 3 heterocycles. The van der Waals surface area contributed by atoms with Crippen molar-refractivity contribution in [3.63, 3.8) is 0 Å². The van der Waals surface area contributed by atoms with E-state index < -0.39 is 0 Å². The monoisotopic (exact) mass is 353 g/mol. The van der Waals surface area contributed by atoms with Crippen molar-refractivity contribution >= 4 is 0 Å². The fourth-order valence-corrected chi connectivity index (χ4v) is 2.59. The lowest BCUT2D eigenvalue weighted by atomic mass is 10.1. The van der Waals surface area contributed by atoms with Crippen LogP contribution in [0.15, 0.2) is 49.1 Å². The second-order valence-corrected chi connectivity index (χ2v) is 5.86. The molecule has 26 heavy (non-hydrogen) atoms. The van der Waals surface area contributed by atoms with Gasteiger partial charge in [0, 0.05) is 69.2 Å². The zero-order valence-electron chi connectivity index (χ0n) is 15.1. The number of nitrogens with zero attached hydrogens (tertiary/aromatic N) is 4. The lowest BCUT2D eigenvalue weighted by Gasteiger charge is -2.07. The first-order valence-corrected chi connectivity index (χ1v) is 8.46. The molecule has 0 bridgehead atoms. The van der Waals surface area contributed by atoms with E-state index in [4.69, 9.17) is 9.47 Å². The second kappa shape index (κ2) is 9.07. The summed E-state index contributed by atoms with van der Waals surface area (Å²) in [7, 11) is 3.58. The Balaban J connectivity index is 1.55. The molecule has 0 atom stereocenters. The lowest BCUT2D eigenvalue weighted by molar-refractivity contribution is 0.143. The number of ether oxygens (including phenoxy) is 2. The summed E-state index contributed by atoms with van der Waals surface area (Å²) in [5.74, 6) is 0.609. The molecule has 0 unspecified atom stereocenters. The van der Waals surface area contributed by atoms with Crippen LogP contribution in [-0.2, 0) is 24.9 Å². The van der Waals surface area contributed by atoms with Crippen LogP contribution in [0.1, 0.15) is 11.1 Å². The number of hydrogen-bond donors (Lipinski definition) is 1. The minimum absolute atomic E-state index is 0.500. The van der Waals surface area contributed by atoms with E-state index in [2.05, 4.69) is 20.4 Å². The van der Waals surface area contributed by atoms with Crippen molar-refractivity contribution in [1.29, 1.82) is 0 Å². The maximum absolute atomic E-state index is 5.47. The Morgan fingerprint density at radius 2 is 1.92 bits per heavy atom. The van der Waals surface area contributed by atoms with Crippen LogP contribution >= 0.6 is 0 Å². The summed E-state index contributed by atoms with van der Waals surface area (Å²) in [5, 5.41) is 8.01. The zero-order chi connectivity index (χ0) is 18.2. The predicted octanol–water partition coefficient (Wildman–Crippen LogP) is 2.19. The molecular formula is C19H23N5O2. The van der Waals surface area contributed by atoms with Gasteiger partial charge in [-0.05, 0) is 17.7 Å². The maximum Gasteiger partial charge on any atom is 0.213 e. The van der Waals surface area contributed by atoms with Gasteiger partial charge in [-0.1, -0.05) is 6.07 Å². The molecule has 3 aromatic heterocycles. The van der Waals surface area contributed by atoms with E-state index in [-0.39, 0.29) is 0 Å². The fourth-order valence-electron chi connectivity index (χ4n) is 2.59. The molecule has 0 spiro atoms. The summed E-state index contributed by atoms with van der Waals surface area (Å²) in [5.41, 5.74) is 4.28. The molecule has 0 aliphatic rings. The summed E-state index contributed by atoms with van der Waals surface area (Å²) in [6.07, 6.45) is 7.42. The van der Waals surface area contributed by atoms with E-state index >= 15 is 0 Å². The molecule has 0 saturated heterocycles. The van der Waals surface area contributed by atoms with Crippen LogP contribution in [0.4, 0.5) is 0 Å². The van der Waals surface area contributed by atoms with Crippen LogP contribution in [-0.4, -0.2) is 40.1 Å². The minimum atomic E-state index is 0.500. The van der Waals surface area contributed by atoms with Gasteiger partial charge in [0.2, 0.25) is 5.88 Å². The molecule has 1 N–H and O–H groups in total. The van der Waals surface area contributed by atoms with Crippen molar-refractivity contribution in [2.45, 2.75) is 13.1 Å².